The van der Waals surface area contributed by atoms with Crippen molar-refractivity contribution in [1.29, 1.82) is 0 Å². The first-order chi connectivity index (χ1) is 10.1. The van der Waals surface area contributed by atoms with Crippen molar-refractivity contribution in [2.24, 2.45) is 0 Å². The molecule has 0 aliphatic carbocycles. The zero-order valence-electron chi connectivity index (χ0n) is 12.1. The Morgan fingerprint density at radius 1 is 1.10 bits per heavy atom. The molecule has 5 heteroatoms. The second-order valence-electron chi connectivity index (χ2n) is 4.86. The minimum atomic E-state index is 0.455. The maximum absolute atomic E-state index is 3.67. The van der Waals surface area contributed by atoms with Gasteiger partial charge < -0.3 is 5.32 Å². The summed E-state index contributed by atoms with van der Waals surface area (Å²) in [5, 5.41) is 3.62. The van der Waals surface area contributed by atoms with Gasteiger partial charge in [0.05, 0.1) is 0 Å². The van der Waals surface area contributed by atoms with Gasteiger partial charge in [0.25, 0.3) is 0 Å². The summed E-state index contributed by atoms with van der Waals surface area (Å²) in [5.74, 6) is 0. The topological polar surface area (TPSA) is 12.0 Å². The van der Waals surface area contributed by atoms with Gasteiger partial charge in [-0.15, -0.1) is 11.3 Å². The molecule has 1 nitrogen and oxygen atoms in total. The van der Waals surface area contributed by atoms with Crippen molar-refractivity contribution in [2.45, 2.75) is 32.7 Å². The van der Waals surface area contributed by atoms with Gasteiger partial charge in [0.1, 0.15) is 0 Å². The van der Waals surface area contributed by atoms with Crippen LogP contribution < -0.4 is 5.32 Å². The molecule has 1 N–H and O–H groups in total. The van der Waals surface area contributed by atoms with E-state index in [0.29, 0.717) is 6.04 Å². The molecule has 1 atom stereocenters. The molecule has 0 saturated heterocycles. The van der Waals surface area contributed by atoms with Crippen LogP contribution in [0.3, 0.4) is 0 Å². The van der Waals surface area contributed by atoms with Crippen LogP contribution in [0.1, 0.15) is 37.6 Å². The Morgan fingerprint density at radius 3 is 2.33 bits per heavy atom. The first kappa shape index (κ1) is 17.7. The Hall–Kier alpha value is 0.320. The molecule has 1 unspecified atom stereocenters. The maximum Gasteiger partial charge on any atom is 0.0412 e. The van der Waals surface area contributed by atoms with E-state index in [-0.39, 0.29) is 0 Å². The second-order valence-corrected chi connectivity index (χ2v) is 8.60. The molecular weight excluding hydrogens is 478 g/mol. The van der Waals surface area contributed by atoms with Crippen LogP contribution in [0.25, 0.3) is 10.4 Å². The predicted octanol–water partition coefficient (Wildman–Crippen LogP) is 7.15. The van der Waals surface area contributed by atoms with Gasteiger partial charge in [0.15, 0.2) is 0 Å². The van der Waals surface area contributed by atoms with E-state index in [1.807, 2.05) is 11.3 Å². The van der Waals surface area contributed by atoms with E-state index in [1.165, 1.54) is 21.7 Å². The largest absolute Gasteiger partial charge is 0.309 e. The third-order valence-electron chi connectivity index (χ3n) is 3.27. The Morgan fingerprint density at radius 2 is 1.76 bits per heavy atom. The average molecular weight is 496 g/mol. The lowest BCUT2D eigenvalue weighted by molar-refractivity contribution is 0.525. The van der Waals surface area contributed by atoms with Gasteiger partial charge in [-0.05, 0) is 43.7 Å². The fraction of sp³-hybridized carbons (Fsp3) is 0.375. The van der Waals surface area contributed by atoms with Crippen LogP contribution in [-0.4, -0.2) is 6.54 Å². The summed E-state index contributed by atoms with van der Waals surface area (Å²) in [4.78, 5) is 2.69. The molecule has 1 aromatic heterocycles. The van der Waals surface area contributed by atoms with Crippen molar-refractivity contribution in [3.63, 3.8) is 0 Å². The van der Waals surface area contributed by atoms with E-state index in [9.17, 15) is 0 Å². The number of hydrogen-bond acceptors (Lipinski definition) is 2. The number of benzene rings is 1. The highest BCUT2D eigenvalue weighted by Gasteiger charge is 2.15. The monoisotopic (exact) mass is 493 g/mol. The van der Waals surface area contributed by atoms with Crippen molar-refractivity contribution in [2.75, 3.05) is 6.54 Å². The summed E-state index contributed by atoms with van der Waals surface area (Å²) in [6.07, 6.45) is 2.28. The smallest absolute Gasteiger partial charge is 0.0412 e. The van der Waals surface area contributed by atoms with E-state index in [2.05, 4.69) is 91.2 Å². The molecular formula is C16H18Br3NS. The summed E-state index contributed by atoms with van der Waals surface area (Å²) in [6.45, 7) is 5.51. The number of rotatable bonds is 6. The fourth-order valence-electron chi connectivity index (χ4n) is 2.22. The van der Waals surface area contributed by atoms with Gasteiger partial charge in [-0.3, -0.25) is 0 Å². The highest BCUT2D eigenvalue weighted by Crippen LogP contribution is 2.42. The van der Waals surface area contributed by atoms with Gasteiger partial charge in [-0.1, -0.05) is 61.6 Å². The molecule has 2 rings (SSSR count). The van der Waals surface area contributed by atoms with Crippen molar-refractivity contribution >= 4 is 59.1 Å². The Kier molecular flexibility index (Phi) is 6.94. The molecule has 2 aromatic rings. The lowest BCUT2D eigenvalue weighted by atomic mass is 10.1. The van der Waals surface area contributed by atoms with Gasteiger partial charge in [0.2, 0.25) is 0 Å². The summed E-state index contributed by atoms with van der Waals surface area (Å²) in [5.41, 5.74) is 1.22. The van der Waals surface area contributed by atoms with E-state index in [4.69, 9.17) is 0 Å². The van der Waals surface area contributed by atoms with Crippen molar-refractivity contribution < 1.29 is 0 Å². The molecule has 0 aliphatic heterocycles. The highest BCUT2D eigenvalue weighted by molar-refractivity contribution is 9.11. The normalized spacial score (nSPS) is 12.6. The third-order valence-corrected chi connectivity index (χ3v) is 6.20. The summed E-state index contributed by atoms with van der Waals surface area (Å²) >= 11 is 12.7. The van der Waals surface area contributed by atoms with Gasteiger partial charge >= 0.3 is 0 Å². The van der Waals surface area contributed by atoms with Crippen molar-refractivity contribution in [3.8, 4) is 10.4 Å². The third kappa shape index (κ3) is 4.41. The summed E-state index contributed by atoms with van der Waals surface area (Å²) in [6, 6.07) is 9.10. The first-order valence-electron chi connectivity index (χ1n) is 7.04. The van der Waals surface area contributed by atoms with Crippen LogP contribution in [0.2, 0.25) is 0 Å². The highest BCUT2D eigenvalue weighted by atomic mass is 79.9. The number of halogens is 3. The first-order valence-corrected chi connectivity index (χ1v) is 10.2. The molecule has 21 heavy (non-hydrogen) atoms. The predicted molar refractivity (Wildman–Crippen MR) is 104 cm³/mol. The van der Waals surface area contributed by atoms with E-state index < -0.39 is 0 Å². The van der Waals surface area contributed by atoms with E-state index in [1.54, 1.807) is 0 Å². The van der Waals surface area contributed by atoms with Crippen molar-refractivity contribution in [1.82, 2.24) is 5.32 Å². The Labute approximate surface area is 155 Å². The van der Waals surface area contributed by atoms with Crippen LogP contribution in [0.15, 0.2) is 37.7 Å². The van der Waals surface area contributed by atoms with Crippen LogP contribution in [0, 0.1) is 0 Å². The zero-order chi connectivity index (χ0) is 15.4. The van der Waals surface area contributed by atoms with Crippen LogP contribution >= 0.6 is 59.1 Å². The van der Waals surface area contributed by atoms with Crippen molar-refractivity contribution in [3.05, 3.63) is 42.6 Å². The summed E-state index contributed by atoms with van der Waals surface area (Å²) in [7, 11) is 0. The molecule has 0 aliphatic rings. The SMILES string of the molecule is CCCNC(CC)c1ccc(-c2c(Br)cc(Br)cc2Br)s1. The lowest BCUT2D eigenvalue weighted by Crippen LogP contribution is -2.20. The molecule has 0 bridgehead atoms. The molecule has 0 amide bonds. The minimum Gasteiger partial charge on any atom is -0.309 e. The molecule has 0 spiro atoms. The standard InChI is InChI=1S/C16H18Br3NS/c1-3-7-20-13(4-2)14-5-6-15(21-14)16-11(18)8-10(17)9-12(16)19/h5-6,8-9,13,20H,3-4,7H2,1-2H3. The van der Waals surface area contributed by atoms with Crippen LogP contribution in [-0.2, 0) is 0 Å². The quantitative estimate of drug-likeness (QED) is 0.448. The van der Waals surface area contributed by atoms with E-state index in [0.717, 1.165) is 26.4 Å². The van der Waals surface area contributed by atoms with Gasteiger partial charge in [0, 0.05) is 34.8 Å². The maximum atomic E-state index is 3.67. The zero-order valence-corrected chi connectivity index (χ0v) is 17.6. The fourth-order valence-corrected chi connectivity index (χ4v) is 6.41. The average Bonchev–Trinajstić information content (AvgIpc) is 2.88. The number of thiophene rings is 1. The van der Waals surface area contributed by atoms with Crippen LogP contribution in [0.5, 0.6) is 0 Å². The molecule has 0 saturated carbocycles. The van der Waals surface area contributed by atoms with Gasteiger partial charge in [-0.2, -0.15) is 0 Å². The van der Waals surface area contributed by atoms with Gasteiger partial charge in [-0.25, -0.2) is 0 Å². The lowest BCUT2D eigenvalue weighted by Gasteiger charge is -2.14. The Bertz CT molecular complexity index is 586. The number of hydrogen-bond donors (Lipinski definition) is 1. The second kappa shape index (κ2) is 8.25. The Balaban J connectivity index is 2.31. The number of nitrogens with one attached hydrogen (secondary N) is 1. The molecule has 1 aromatic carbocycles. The molecule has 0 radical (unpaired) electrons. The molecule has 0 fully saturated rings. The van der Waals surface area contributed by atoms with E-state index >= 15 is 0 Å². The molecule has 114 valence electrons. The summed E-state index contributed by atoms with van der Waals surface area (Å²) < 4.78 is 3.27. The van der Waals surface area contributed by atoms with Crippen LogP contribution in [0.4, 0.5) is 0 Å². The minimum absolute atomic E-state index is 0.455. The molecule has 1 heterocycles.